The fraction of sp³-hybridized carbons (Fsp3) is 0.320. The van der Waals surface area contributed by atoms with Crippen molar-refractivity contribution in [1.29, 1.82) is 0 Å². The van der Waals surface area contributed by atoms with Crippen LogP contribution in [-0.4, -0.2) is 35.6 Å². The molecule has 0 aliphatic carbocycles. The van der Waals surface area contributed by atoms with E-state index in [-0.39, 0.29) is 23.7 Å². The number of rotatable bonds is 6. The molecule has 0 saturated carbocycles. The van der Waals surface area contributed by atoms with Crippen molar-refractivity contribution in [2.45, 2.75) is 33.7 Å². The van der Waals surface area contributed by atoms with Gasteiger partial charge in [0.15, 0.2) is 11.6 Å². The van der Waals surface area contributed by atoms with Crippen LogP contribution in [0.5, 0.6) is 0 Å². The van der Waals surface area contributed by atoms with Gasteiger partial charge >= 0.3 is 5.97 Å². The molecule has 2 aromatic heterocycles. The highest BCUT2D eigenvalue weighted by molar-refractivity contribution is 5.95. The van der Waals surface area contributed by atoms with Crippen molar-refractivity contribution < 1.29 is 18.3 Å². The van der Waals surface area contributed by atoms with E-state index >= 15 is 0 Å². The van der Waals surface area contributed by atoms with Gasteiger partial charge in [-0.05, 0) is 62.2 Å². The Morgan fingerprint density at radius 2 is 1.84 bits per heavy atom. The molecule has 0 aliphatic heterocycles. The molecule has 0 fully saturated rings. The maximum atomic E-state index is 13.7. The van der Waals surface area contributed by atoms with Gasteiger partial charge in [-0.15, -0.1) is 0 Å². The van der Waals surface area contributed by atoms with E-state index in [2.05, 4.69) is 0 Å². The SMILES string of the molecule is CC(C)COC(=O)c1ccc2nc(-c3cc4cc(F)ccc4o3)c(N(C)C(C)C)nc2c1. The van der Waals surface area contributed by atoms with E-state index < -0.39 is 0 Å². The first-order valence-corrected chi connectivity index (χ1v) is 10.6. The zero-order chi connectivity index (χ0) is 23.0. The highest BCUT2D eigenvalue weighted by Gasteiger charge is 2.21. The van der Waals surface area contributed by atoms with E-state index in [0.29, 0.717) is 51.4 Å². The van der Waals surface area contributed by atoms with Gasteiger partial charge in [0.1, 0.15) is 17.1 Å². The second kappa shape index (κ2) is 8.57. The van der Waals surface area contributed by atoms with Crippen molar-refractivity contribution in [3.05, 3.63) is 53.8 Å². The lowest BCUT2D eigenvalue weighted by Gasteiger charge is -2.24. The molecule has 0 aliphatic rings. The lowest BCUT2D eigenvalue weighted by atomic mass is 10.1. The zero-order valence-corrected chi connectivity index (χ0v) is 18.8. The number of hydrogen-bond donors (Lipinski definition) is 0. The van der Waals surface area contributed by atoms with E-state index in [4.69, 9.17) is 19.1 Å². The van der Waals surface area contributed by atoms with E-state index in [1.54, 1.807) is 30.3 Å². The number of anilines is 1. The first-order chi connectivity index (χ1) is 15.2. The molecule has 4 rings (SSSR count). The maximum Gasteiger partial charge on any atom is 0.338 e. The second-order valence-corrected chi connectivity index (χ2v) is 8.59. The number of carbonyl (C=O) groups excluding carboxylic acids is 1. The number of furan rings is 1. The number of halogens is 1. The Hall–Kier alpha value is -3.48. The van der Waals surface area contributed by atoms with E-state index in [0.717, 1.165) is 0 Å². The fourth-order valence-electron chi connectivity index (χ4n) is 3.28. The third kappa shape index (κ3) is 4.28. The predicted octanol–water partition coefficient (Wildman–Crippen LogP) is 5.84. The molecular weight excluding hydrogens is 409 g/mol. The summed E-state index contributed by atoms with van der Waals surface area (Å²) in [4.78, 5) is 24.0. The minimum Gasteiger partial charge on any atom is -0.462 e. The van der Waals surface area contributed by atoms with Gasteiger partial charge in [0.05, 0.1) is 23.2 Å². The molecule has 32 heavy (non-hydrogen) atoms. The smallest absolute Gasteiger partial charge is 0.338 e. The number of carbonyl (C=O) groups is 1. The molecule has 0 atom stereocenters. The highest BCUT2D eigenvalue weighted by Crippen LogP contribution is 2.34. The van der Waals surface area contributed by atoms with Crippen LogP contribution < -0.4 is 4.90 Å². The van der Waals surface area contributed by atoms with Crippen LogP contribution in [0.25, 0.3) is 33.5 Å². The van der Waals surface area contributed by atoms with Crippen molar-refractivity contribution >= 4 is 33.8 Å². The van der Waals surface area contributed by atoms with Crippen LogP contribution >= 0.6 is 0 Å². The maximum absolute atomic E-state index is 13.7. The Morgan fingerprint density at radius 3 is 2.56 bits per heavy atom. The molecule has 2 heterocycles. The molecule has 166 valence electrons. The number of hydrogen-bond acceptors (Lipinski definition) is 6. The third-order valence-electron chi connectivity index (χ3n) is 5.25. The van der Waals surface area contributed by atoms with Crippen molar-refractivity contribution in [3.8, 4) is 11.5 Å². The molecule has 0 bridgehead atoms. The topological polar surface area (TPSA) is 68.5 Å². The quantitative estimate of drug-likeness (QED) is 0.355. The molecule has 7 heteroatoms. The van der Waals surface area contributed by atoms with Crippen LogP contribution in [0.3, 0.4) is 0 Å². The average molecular weight is 435 g/mol. The first kappa shape index (κ1) is 21.7. The lowest BCUT2D eigenvalue weighted by molar-refractivity contribution is 0.0459. The predicted molar refractivity (Wildman–Crippen MR) is 123 cm³/mol. The van der Waals surface area contributed by atoms with Gasteiger partial charge in [0, 0.05) is 18.5 Å². The number of aromatic nitrogens is 2. The minimum absolute atomic E-state index is 0.140. The monoisotopic (exact) mass is 435 g/mol. The van der Waals surface area contributed by atoms with Gasteiger partial charge in [-0.25, -0.2) is 19.2 Å². The normalized spacial score (nSPS) is 11.6. The van der Waals surface area contributed by atoms with Gasteiger partial charge in [-0.3, -0.25) is 0 Å². The summed E-state index contributed by atoms with van der Waals surface area (Å²) in [5.41, 5.74) is 2.76. The summed E-state index contributed by atoms with van der Waals surface area (Å²) in [6, 6.07) is 11.4. The van der Waals surface area contributed by atoms with Gasteiger partial charge < -0.3 is 14.1 Å². The number of ether oxygens (including phenoxy) is 1. The van der Waals surface area contributed by atoms with Crippen LogP contribution in [0.2, 0.25) is 0 Å². The lowest BCUT2D eigenvalue weighted by Crippen LogP contribution is -2.27. The standard InChI is InChI=1S/C25H26FN3O3/c1-14(2)13-31-25(30)16-6-8-19-20(11-16)28-24(29(5)15(3)4)23(27-19)22-12-17-10-18(26)7-9-21(17)32-22/h6-12,14-15H,13H2,1-5H3. The number of esters is 1. The van der Waals surface area contributed by atoms with Gasteiger partial charge in [-0.2, -0.15) is 0 Å². The van der Waals surface area contributed by atoms with Gasteiger partial charge in [-0.1, -0.05) is 13.8 Å². The summed E-state index contributed by atoms with van der Waals surface area (Å²) in [7, 11) is 1.92. The van der Waals surface area contributed by atoms with Crippen LogP contribution in [-0.2, 0) is 4.74 Å². The van der Waals surface area contributed by atoms with E-state index in [1.165, 1.54) is 12.1 Å². The summed E-state index contributed by atoms with van der Waals surface area (Å²) in [5, 5.41) is 0.656. The number of fused-ring (bicyclic) bond motifs is 2. The fourth-order valence-corrected chi connectivity index (χ4v) is 3.28. The third-order valence-corrected chi connectivity index (χ3v) is 5.25. The van der Waals surface area contributed by atoms with Crippen LogP contribution in [0.1, 0.15) is 38.1 Å². The zero-order valence-electron chi connectivity index (χ0n) is 18.8. The summed E-state index contributed by atoms with van der Waals surface area (Å²) >= 11 is 0. The second-order valence-electron chi connectivity index (χ2n) is 8.59. The summed E-state index contributed by atoms with van der Waals surface area (Å²) in [5.74, 6) is 0.656. The van der Waals surface area contributed by atoms with Crippen molar-refractivity contribution in [2.75, 3.05) is 18.6 Å². The molecule has 0 N–H and O–H groups in total. The molecule has 2 aromatic carbocycles. The van der Waals surface area contributed by atoms with Crippen LogP contribution in [0.15, 0.2) is 46.9 Å². The summed E-state index contributed by atoms with van der Waals surface area (Å²) < 4.78 is 25.0. The Kier molecular flexibility index (Phi) is 5.82. The number of benzene rings is 2. The highest BCUT2D eigenvalue weighted by atomic mass is 19.1. The van der Waals surface area contributed by atoms with E-state index in [1.807, 2.05) is 39.6 Å². The summed E-state index contributed by atoms with van der Waals surface area (Å²) in [6.07, 6.45) is 0. The molecule has 0 unspecified atom stereocenters. The molecule has 0 radical (unpaired) electrons. The Bertz CT molecular complexity index is 1300. The van der Waals surface area contributed by atoms with Crippen LogP contribution in [0.4, 0.5) is 10.2 Å². The molecule has 0 spiro atoms. The Labute approximate surface area is 186 Å². The van der Waals surface area contributed by atoms with E-state index in [9.17, 15) is 9.18 Å². The van der Waals surface area contributed by atoms with Crippen molar-refractivity contribution in [2.24, 2.45) is 5.92 Å². The molecule has 4 aromatic rings. The molecule has 6 nitrogen and oxygen atoms in total. The van der Waals surface area contributed by atoms with Crippen molar-refractivity contribution in [3.63, 3.8) is 0 Å². The minimum atomic E-state index is -0.385. The largest absolute Gasteiger partial charge is 0.462 e. The molecular formula is C25H26FN3O3. The summed E-state index contributed by atoms with van der Waals surface area (Å²) in [6.45, 7) is 8.42. The number of nitrogens with zero attached hydrogens (tertiary/aromatic N) is 3. The Balaban J connectivity index is 1.83. The molecule has 0 amide bonds. The molecule has 0 saturated heterocycles. The Morgan fingerprint density at radius 1 is 1.06 bits per heavy atom. The van der Waals surface area contributed by atoms with Crippen LogP contribution in [0, 0.1) is 11.7 Å². The van der Waals surface area contributed by atoms with Gasteiger partial charge in [0.2, 0.25) is 0 Å². The first-order valence-electron chi connectivity index (χ1n) is 10.6. The van der Waals surface area contributed by atoms with Crippen molar-refractivity contribution in [1.82, 2.24) is 9.97 Å². The van der Waals surface area contributed by atoms with Gasteiger partial charge in [0.25, 0.3) is 0 Å². The average Bonchev–Trinajstić information content (AvgIpc) is 3.18.